The lowest BCUT2D eigenvalue weighted by atomic mass is 9.92. The molecule has 0 spiro atoms. The Kier molecular flexibility index (Phi) is 12.8. The molecule has 1 heterocycles. The van der Waals surface area contributed by atoms with Crippen LogP contribution in [-0.4, -0.2) is 31.1 Å². The fraction of sp³-hybridized carbons (Fsp3) is 0.324. The highest BCUT2D eigenvalue weighted by molar-refractivity contribution is 5.90. The average molecular weight is 583 g/mol. The van der Waals surface area contributed by atoms with E-state index in [2.05, 4.69) is 32.9 Å². The van der Waals surface area contributed by atoms with Crippen LogP contribution >= 0.6 is 0 Å². The second-order valence-electron chi connectivity index (χ2n) is 10.6. The molecule has 0 amide bonds. The third-order valence-electron chi connectivity index (χ3n) is 6.94. The summed E-state index contributed by atoms with van der Waals surface area (Å²) in [6.45, 7) is 7.84. The molecule has 1 fully saturated rings. The van der Waals surface area contributed by atoms with Crippen LogP contribution in [0.1, 0.15) is 55.1 Å². The Hall–Kier alpha value is -3.97. The molecule has 6 nitrogen and oxygen atoms in total. The number of hydrogen-bond acceptors (Lipinski definition) is 6. The van der Waals surface area contributed by atoms with E-state index in [1.165, 1.54) is 6.42 Å². The van der Waals surface area contributed by atoms with Crippen LogP contribution in [0.2, 0.25) is 0 Å². The highest BCUT2D eigenvalue weighted by Crippen LogP contribution is 2.31. The van der Waals surface area contributed by atoms with Crippen LogP contribution in [-0.2, 0) is 27.4 Å². The number of carbonyl (C=O) groups is 1. The summed E-state index contributed by atoms with van der Waals surface area (Å²) >= 11 is 0. The summed E-state index contributed by atoms with van der Waals surface area (Å²) in [5, 5.41) is 0. The van der Waals surface area contributed by atoms with Crippen LogP contribution in [0.3, 0.4) is 0 Å². The van der Waals surface area contributed by atoms with Crippen molar-refractivity contribution in [2.24, 2.45) is 5.92 Å². The van der Waals surface area contributed by atoms with Gasteiger partial charge in [0.05, 0.1) is 37.6 Å². The predicted octanol–water partition coefficient (Wildman–Crippen LogP) is 8.25. The molecule has 0 aromatic heterocycles. The second kappa shape index (κ2) is 17.2. The first-order valence-corrected chi connectivity index (χ1v) is 15.0. The van der Waals surface area contributed by atoms with E-state index in [0.29, 0.717) is 43.3 Å². The number of rotatable bonds is 11. The summed E-state index contributed by atoms with van der Waals surface area (Å²) in [7, 11) is 0. The molecule has 4 unspecified atom stereocenters. The zero-order valence-corrected chi connectivity index (χ0v) is 25.3. The van der Waals surface area contributed by atoms with Gasteiger partial charge in [-0.3, -0.25) is 0 Å². The van der Waals surface area contributed by atoms with Crippen LogP contribution in [0.15, 0.2) is 115 Å². The highest BCUT2D eigenvalue weighted by atomic mass is 16.7. The van der Waals surface area contributed by atoms with E-state index in [9.17, 15) is 4.79 Å². The van der Waals surface area contributed by atoms with Gasteiger partial charge in [0.2, 0.25) is 6.29 Å². The van der Waals surface area contributed by atoms with Gasteiger partial charge in [-0.1, -0.05) is 106 Å². The van der Waals surface area contributed by atoms with Crippen molar-refractivity contribution in [2.75, 3.05) is 6.61 Å². The van der Waals surface area contributed by atoms with Gasteiger partial charge in [0.15, 0.2) is 0 Å². The Labute approximate surface area is 255 Å². The summed E-state index contributed by atoms with van der Waals surface area (Å²) in [5.41, 5.74) is 2.73. The second-order valence-corrected chi connectivity index (χ2v) is 10.6. The summed E-state index contributed by atoms with van der Waals surface area (Å²) in [6.07, 6.45) is 1.04. The fourth-order valence-electron chi connectivity index (χ4n) is 4.63. The molecule has 43 heavy (non-hydrogen) atoms. The van der Waals surface area contributed by atoms with Gasteiger partial charge < -0.3 is 23.7 Å². The van der Waals surface area contributed by atoms with Crippen LogP contribution in [0, 0.1) is 5.92 Å². The summed E-state index contributed by atoms with van der Waals surface area (Å²) in [6, 6.07) is 36.1. The topological polar surface area (TPSA) is 63.2 Å². The first-order valence-electron chi connectivity index (χ1n) is 15.0. The van der Waals surface area contributed by atoms with E-state index >= 15 is 0 Å². The zero-order valence-electron chi connectivity index (χ0n) is 25.3. The molecule has 1 aliphatic rings. The molecule has 6 heteroatoms. The molecule has 226 valence electrons. The minimum Gasteiger partial charge on any atom is -0.465 e. The molecule has 1 aliphatic heterocycles. The van der Waals surface area contributed by atoms with Crippen molar-refractivity contribution in [1.82, 2.24) is 0 Å². The maximum atomic E-state index is 12.4. The third-order valence-corrected chi connectivity index (χ3v) is 6.94. The van der Waals surface area contributed by atoms with Crippen LogP contribution in [0.25, 0.3) is 0 Å². The first-order chi connectivity index (χ1) is 21.1. The van der Waals surface area contributed by atoms with E-state index in [0.717, 1.165) is 11.1 Å². The lowest BCUT2D eigenvalue weighted by molar-refractivity contribution is -0.223. The molecule has 4 atom stereocenters. The maximum absolute atomic E-state index is 12.4. The predicted molar refractivity (Wildman–Crippen MR) is 168 cm³/mol. The molecule has 0 saturated carbocycles. The Balaban J connectivity index is 0.00000135. The van der Waals surface area contributed by atoms with Crippen molar-refractivity contribution in [2.45, 2.75) is 65.3 Å². The SMILES string of the molecule is CC1C(OCc2ccccc2)CC(Oc2ccc(OC(=O)c3ccccc3)cc2)OC1COCc1ccccc1.CCC. The summed E-state index contributed by atoms with van der Waals surface area (Å²) < 4.78 is 30.5. The van der Waals surface area contributed by atoms with E-state index in [4.69, 9.17) is 23.7 Å². The number of hydrogen-bond donors (Lipinski definition) is 0. The van der Waals surface area contributed by atoms with Crippen LogP contribution < -0.4 is 9.47 Å². The van der Waals surface area contributed by atoms with Crippen LogP contribution in [0.5, 0.6) is 11.5 Å². The van der Waals surface area contributed by atoms with E-state index in [1.807, 2.05) is 54.6 Å². The largest absolute Gasteiger partial charge is 0.465 e. The fourth-order valence-corrected chi connectivity index (χ4v) is 4.63. The summed E-state index contributed by atoms with van der Waals surface area (Å²) in [5.74, 6) is 0.759. The number of carbonyl (C=O) groups excluding carboxylic acids is 1. The van der Waals surface area contributed by atoms with Gasteiger partial charge in [-0.25, -0.2) is 4.79 Å². The van der Waals surface area contributed by atoms with Gasteiger partial charge in [0, 0.05) is 12.3 Å². The first kappa shape index (κ1) is 32.0. The molecular formula is C37H42O6. The van der Waals surface area contributed by atoms with Crippen molar-refractivity contribution in [3.63, 3.8) is 0 Å². The van der Waals surface area contributed by atoms with Gasteiger partial charge in [-0.2, -0.15) is 0 Å². The molecule has 0 aliphatic carbocycles. The van der Waals surface area contributed by atoms with Gasteiger partial charge in [0.1, 0.15) is 11.5 Å². The number of esters is 1. The van der Waals surface area contributed by atoms with Gasteiger partial charge >= 0.3 is 5.97 Å². The Morgan fingerprint density at radius 2 is 1.28 bits per heavy atom. The molecule has 4 aromatic carbocycles. The van der Waals surface area contributed by atoms with Gasteiger partial charge in [-0.15, -0.1) is 0 Å². The van der Waals surface area contributed by atoms with Crippen molar-refractivity contribution >= 4 is 5.97 Å². The van der Waals surface area contributed by atoms with Crippen LogP contribution in [0.4, 0.5) is 0 Å². The quantitative estimate of drug-likeness (QED) is 0.131. The Morgan fingerprint density at radius 3 is 1.88 bits per heavy atom. The minimum atomic E-state index is -0.514. The van der Waals surface area contributed by atoms with E-state index in [1.54, 1.807) is 48.5 Å². The van der Waals surface area contributed by atoms with E-state index in [-0.39, 0.29) is 18.1 Å². The standard InChI is InChI=1S/C34H34O6.C3H8/c1-25-31(37-23-27-13-7-3-8-14-27)21-33(40-32(25)24-36-22-26-11-5-2-6-12-26)38-29-17-19-30(20-18-29)39-34(35)28-15-9-4-10-16-28;1-3-2/h2-20,25,31-33H,21-24H2,1H3;3H2,1-2H3. The number of ether oxygens (including phenoxy) is 5. The molecule has 4 aromatic rings. The monoisotopic (exact) mass is 582 g/mol. The van der Waals surface area contributed by atoms with Crippen molar-refractivity contribution in [3.8, 4) is 11.5 Å². The maximum Gasteiger partial charge on any atom is 0.343 e. The summed E-state index contributed by atoms with van der Waals surface area (Å²) in [4.78, 5) is 12.4. The van der Waals surface area contributed by atoms with E-state index < -0.39 is 12.3 Å². The Morgan fingerprint density at radius 1 is 0.744 bits per heavy atom. The molecule has 0 bridgehead atoms. The molecule has 1 saturated heterocycles. The number of benzene rings is 4. The minimum absolute atomic E-state index is 0.0737. The lowest BCUT2D eigenvalue weighted by Gasteiger charge is -2.40. The smallest absolute Gasteiger partial charge is 0.343 e. The molecular weight excluding hydrogens is 540 g/mol. The molecule has 0 N–H and O–H groups in total. The third kappa shape index (κ3) is 10.4. The Bertz CT molecular complexity index is 1330. The normalized spacial score (nSPS) is 19.5. The highest BCUT2D eigenvalue weighted by Gasteiger charge is 2.38. The lowest BCUT2D eigenvalue weighted by Crippen LogP contribution is -2.48. The average Bonchev–Trinajstić information content (AvgIpc) is 3.04. The zero-order chi connectivity index (χ0) is 30.3. The van der Waals surface area contributed by atoms with Crippen molar-refractivity contribution < 1.29 is 28.5 Å². The van der Waals surface area contributed by atoms with Gasteiger partial charge in [-0.05, 0) is 47.5 Å². The molecule has 5 rings (SSSR count). The molecule has 0 radical (unpaired) electrons. The van der Waals surface area contributed by atoms with Crippen molar-refractivity contribution in [3.05, 3.63) is 132 Å². The van der Waals surface area contributed by atoms with Crippen molar-refractivity contribution in [1.29, 1.82) is 0 Å². The van der Waals surface area contributed by atoms with Gasteiger partial charge in [0.25, 0.3) is 0 Å².